The molecule has 0 N–H and O–H groups in total. The maximum absolute atomic E-state index is 13.1. The van der Waals surface area contributed by atoms with Crippen LogP contribution in [0.3, 0.4) is 0 Å². The molecular formula is C20H27FN2O2. The predicted octanol–water partition coefficient (Wildman–Crippen LogP) is 2.64. The zero-order chi connectivity index (χ0) is 17.2. The van der Waals surface area contributed by atoms with Crippen LogP contribution in [0, 0.1) is 11.7 Å². The predicted molar refractivity (Wildman–Crippen MR) is 93.9 cm³/mol. The van der Waals surface area contributed by atoms with Crippen LogP contribution < -0.4 is 0 Å². The molecule has 1 aromatic carbocycles. The van der Waals surface area contributed by atoms with E-state index in [0.29, 0.717) is 11.9 Å². The van der Waals surface area contributed by atoms with Gasteiger partial charge in [0.15, 0.2) is 0 Å². The van der Waals surface area contributed by atoms with Gasteiger partial charge in [-0.3, -0.25) is 9.69 Å². The molecule has 3 unspecified atom stereocenters. The number of ether oxygens (including phenoxy) is 1. The summed E-state index contributed by atoms with van der Waals surface area (Å²) in [6, 6.07) is 6.99. The van der Waals surface area contributed by atoms with Crippen LogP contribution in [-0.2, 0) is 9.53 Å². The number of halogens is 1. The molecule has 4 nitrogen and oxygen atoms in total. The number of nitrogens with zero attached hydrogens (tertiary/aromatic N) is 2. The fourth-order valence-electron chi connectivity index (χ4n) is 4.32. The van der Waals surface area contributed by atoms with Gasteiger partial charge in [-0.1, -0.05) is 12.1 Å². The van der Waals surface area contributed by atoms with Gasteiger partial charge >= 0.3 is 0 Å². The highest BCUT2D eigenvalue weighted by atomic mass is 19.1. The normalized spacial score (nSPS) is 30.3. The van der Waals surface area contributed by atoms with E-state index in [9.17, 15) is 9.18 Å². The first-order valence-corrected chi connectivity index (χ1v) is 9.58. The number of hydrogen-bond donors (Lipinski definition) is 0. The molecule has 3 atom stereocenters. The van der Waals surface area contributed by atoms with E-state index in [-0.39, 0.29) is 17.7 Å². The molecule has 4 rings (SSSR count). The zero-order valence-electron chi connectivity index (χ0n) is 14.7. The van der Waals surface area contributed by atoms with Crippen molar-refractivity contribution in [1.29, 1.82) is 0 Å². The van der Waals surface area contributed by atoms with Crippen molar-refractivity contribution in [2.75, 3.05) is 39.4 Å². The second-order valence-corrected chi connectivity index (χ2v) is 7.59. The highest BCUT2D eigenvalue weighted by Gasteiger charge is 2.47. The summed E-state index contributed by atoms with van der Waals surface area (Å²) in [6.07, 6.45) is 4.34. The number of hydrogen-bond acceptors (Lipinski definition) is 3. The van der Waals surface area contributed by atoms with Crippen LogP contribution in [0.5, 0.6) is 0 Å². The van der Waals surface area contributed by atoms with Crippen molar-refractivity contribution in [2.45, 2.75) is 37.6 Å². The molecule has 0 aromatic heterocycles. The van der Waals surface area contributed by atoms with Gasteiger partial charge in [-0.2, -0.15) is 0 Å². The number of rotatable bonds is 4. The summed E-state index contributed by atoms with van der Waals surface area (Å²) in [5.41, 5.74) is 1.10. The third-order valence-corrected chi connectivity index (χ3v) is 5.89. The van der Waals surface area contributed by atoms with E-state index in [0.717, 1.165) is 64.2 Å². The fraction of sp³-hybridized carbons (Fsp3) is 0.650. The molecule has 0 spiro atoms. The third kappa shape index (κ3) is 3.87. The Hall–Kier alpha value is -1.46. The summed E-state index contributed by atoms with van der Waals surface area (Å²) in [5.74, 6) is 0.469. The van der Waals surface area contributed by atoms with Crippen LogP contribution in [0.2, 0.25) is 0 Å². The quantitative estimate of drug-likeness (QED) is 0.840. The molecule has 25 heavy (non-hydrogen) atoms. The number of benzene rings is 1. The standard InChI is InChI=1S/C20H27FN2O2/c21-16-6-4-15(5-7-16)18-13-19(18)20(24)23-8-2-1-3-17(23)14-22-9-11-25-12-10-22/h4-7,17-19H,1-3,8-14H2. The van der Waals surface area contributed by atoms with Crippen LogP contribution in [0.4, 0.5) is 4.39 Å². The smallest absolute Gasteiger partial charge is 0.226 e. The number of carbonyl (C=O) groups excluding carboxylic acids is 1. The molecule has 1 amide bonds. The molecule has 1 aliphatic carbocycles. The highest BCUT2D eigenvalue weighted by Crippen LogP contribution is 2.49. The summed E-state index contributed by atoms with van der Waals surface area (Å²) in [6.45, 7) is 5.41. The molecule has 0 radical (unpaired) electrons. The summed E-state index contributed by atoms with van der Waals surface area (Å²) >= 11 is 0. The van der Waals surface area contributed by atoms with Gasteiger partial charge in [0.05, 0.1) is 13.2 Å². The lowest BCUT2D eigenvalue weighted by Crippen LogP contribution is -2.51. The van der Waals surface area contributed by atoms with Crippen molar-refractivity contribution < 1.29 is 13.9 Å². The van der Waals surface area contributed by atoms with Crippen LogP contribution in [0.15, 0.2) is 24.3 Å². The van der Waals surface area contributed by atoms with Crippen LogP contribution in [-0.4, -0.2) is 61.1 Å². The second kappa shape index (κ2) is 7.42. The van der Waals surface area contributed by atoms with E-state index in [4.69, 9.17) is 4.74 Å². The molecule has 1 aromatic rings. The van der Waals surface area contributed by atoms with E-state index < -0.39 is 0 Å². The minimum atomic E-state index is -0.214. The van der Waals surface area contributed by atoms with E-state index in [1.807, 2.05) is 12.1 Å². The lowest BCUT2D eigenvalue weighted by Gasteiger charge is -2.40. The van der Waals surface area contributed by atoms with Gasteiger partial charge in [-0.25, -0.2) is 4.39 Å². The Morgan fingerprint density at radius 2 is 1.88 bits per heavy atom. The number of amides is 1. The Labute approximate surface area is 148 Å². The zero-order valence-corrected chi connectivity index (χ0v) is 14.7. The molecule has 0 bridgehead atoms. The highest BCUT2D eigenvalue weighted by molar-refractivity contribution is 5.83. The molecule has 3 fully saturated rings. The van der Waals surface area contributed by atoms with Crippen molar-refractivity contribution in [2.24, 2.45) is 5.92 Å². The van der Waals surface area contributed by atoms with Gasteiger partial charge in [-0.15, -0.1) is 0 Å². The van der Waals surface area contributed by atoms with Gasteiger partial charge in [0, 0.05) is 38.1 Å². The maximum atomic E-state index is 13.1. The van der Waals surface area contributed by atoms with Gasteiger partial charge in [0.25, 0.3) is 0 Å². The molecule has 2 aliphatic heterocycles. The summed E-state index contributed by atoms with van der Waals surface area (Å²) in [4.78, 5) is 17.7. The van der Waals surface area contributed by atoms with Crippen molar-refractivity contribution in [3.05, 3.63) is 35.6 Å². The first kappa shape index (κ1) is 17.0. The lowest BCUT2D eigenvalue weighted by molar-refractivity contribution is -0.137. The van der Waals surface area contributed by atoms with Crippen molar-refractivity contribution in [3.8, 4) is 0 Å². The van der Waals surface area contributed by atoms with E-state index in [1.54, 1.807) is 0 Å². The first-order valence-electron chi connectivity index (χ1n) is 9.58. The number of piperidine rings is 1. The lowest BCUT2D eigenvalue weighted by atomic mass is 10.00. The van der Waals surface area contributed by atoms with Gasteiger partial charge in [0.1, 0.15) is 5.82 Å². The molecule has 136 valence electrons. The number of carbonyl (C=O) groups is 1. The monoisotopic (exact) mass is 346 g/mol. The Balaban J connectivity index is 1.38. The molecular weight excluding hydrogens is 319 g/mol. The van der Waals surface area contributed by atoms with Gasteiger partial charge < -0.3 is 9.64 Å². The Morgan fingerprint density at radius 1 is 1.12 bits per heavy atom. The van der Waals surface area contributed by atoms with Crippen LogP contribution in [0.1, 0.15) is 37.2 Å². The topological polar surface area (TPSA) is 32.8 Å². The molecule has 5 heteroatoms. The average molecular weight is 346 g/mol. The van der Waals surface area contributed by atoms with Crippen molar-refractivity contribution in [3.63, 3.8) is 0 Å². The molecule has 3 aliphatic rings. The largest absolute Gasteiger partial charge is 0.379 e. The summed E-state index contributed by atoms with van der Waals surface area (Å²) in [7, 11) is 0. The SMILES string of the molecule is O=C(C1CC1c1ccc(F)cc1)N1CCCCC1CN1CCOCC1. The summed E-state index contributed by atoms with van der Waals surface area (Å²) < 4.78 is 18.5. The average Bonchev–Trinajstić information content (AvgIpc) is 3.44. The van der Waals surface area contributed by atoms with Gasteiger partial charge in [-0.05, 0) is 49.3 Å². The second-order valence-electron chi connectivity index (χ2n) is 7.59. The first-order chi connectivity index (χ1) is 12.2. The van der Waals surface area contributed by atoms with E-state index in [1.165, 1.54) is 18.6 Å². The fourth-order valence-corrected chi connectivity index (χ4v) is 4.32. The van der Waals surface area contributed by atoms with Crippen molar-refractivity contribution >= 4 is 5.91 Å². The van der Waals surface area contributed by atoms with Gasteiger partial charge in [0.2, 0.25) is 5.91 Å². The van der Waals surface area contributed by atoms with E-state index >= 15 is 0 Å². The number of likely N-dealkylation sites (tertiary alicyclic amines) is 1. The Kier molecular flexibility index (Phi) is 5.04. The molecule has 1 saturated carbocycles. The Morgan fingerprint density at radius 3 is 2.64 bits per heavy atom. The molecule has 2 saturated heterocycles. The van der Waals surface area contributed by atoms with Crippen LogP contribution in [0.25, 0.3) is 0 Å². The minimum absolute atomic E-state index is 0.0933. The minimum Gasteiger partial charge on any atom is -0.379 e. The van der Waals surface area contributed by atoms with Crippen molar-refractivity contribution in [1.82, 2.24) is 9.80 Å². The number of morpholine rings is 1. The van der Waals surface area contributed by atoms with E-state index in [2.05, 4.69) is 9.80 Å². The Bertz CT molecular complexity index is 600. The third-order valence-electron chi connectivity index (χ3n) is 5.89. The molecule has 2 heterocycles. The van der Waals surface area contributed by atoms with Crippen LogP contribution >= 0.6 is 0 Å². The maximum Gasteiger partial charge on any atom is 0.226 e. The summed E-state index contributed by atoms with van der Waals surface area (Å²) in [5, 5.41) is 0.